The zero-order valence-corrected chi connectivity index (χ0v) is 10.5. The average Bonchev–Trinajstić information content (AvgIpc) is 2.26. The molecule has 17 heavy (non-hydrogen) atoms. The van der Waals surface area contributed by atoms with Crippen molar-refractivity contribution < 1.29 is 9.59 Å². The number of Topliss-reactive ketones (excluding diaryl/α,β-unsaturated/α-hetero) is 1. The Hall–Kier alpha value is -1.43. The number of nitrogens with zero attached hydrogens (tertiary/aromatic N) is 1. The summed E-state index contributed by atoms with van der Waals surface area (Å²) in [5.41, 5.74) is -0.0397. The van der Waals surface area contributed by atoms with Crippen molar-refractivity contribution >= 4 is 11.6 Å². The largest absolute Gasteiger partial charge is 0.299 e. The highest BCUT2D eigenvalue weighted by atomic mass is 16.1. The lowest BCUT2D eigenvalue weighted by Crippen LogP contribution is -2.47. The van der Waals surface area contributed by atoms with Gasteiger partial charge in [-0.2, -0.15) is 5.26 Å². The molecule has 0 aliphatic heterocycles. The Balaban J connectivity index is 2.58. The average molecular weight is 231 g/mol. The van der Waals surface area contributed by atoms with Crippen molar-refractivity contribution in [2.24, 2.45) is 16.7 Å². The predicted molar refractivity (Wildman–Crippen MR) is 62.9 cm³/mol. The van der Waals surface area contributed by atoms with Gasteiger partial charge in [0.2, 0.25) is 0 Å². The van der Waals surface area contributed by atoms with E-state index >= 15 is 0 Å². The molecule has 1 fully saturated rings. The minimum Gasteiger partial charge on any atom is -0.299 e. The van der Waals surface area contributed by atoms with Crippen LogP contribution in [0.4, 0.5) is 0 Å². The fourth-order valence-corrected chi connectivity index (χ4v) is 3.23. The monoisotopic (exact) mass is 231 g/mol. The molecule has 1 saturated carbocycles. The maximum Gasteiger partial charge on any atom is 0.157 e. The van der Waals surface area contributed by atoms with E-state index in [0.29, 0.717) is 19.3 Å². The SMILES string of the molecule is CC1(C)C(=O)CC[C@@]2(C)C1=CC(=O)C[C@@H]2C#N. The van der Waals surface area contributed by atoms with Crippen molar-refractivity contribution in [2.75, 3.05) is 0 Å². The van der Waals surface area contributed by atoms with Crippen LogP contribution in [0.1, 0.15) is 40.0 Å². The summed E-state index contributed by atoms with van der Waals surface area (Å²) in [6.45, 7) is 5.75. The molecule has 0 bridgehead atoms. The second-order valence-corrected chi connectivity index (χ2v) is 5.88. The Morgan fingerprint density at radius 3 is 2.59 bits per heavy atom. The zero-order chi connectivity index (χ0) is 12.8. The molecule has 2 aliphatic rings. The van der Waals surface area contributed by atoms with Crippen LogP contribution >= 0.6 is 0 Å². The fraction of sp³-hybridized carbons (Fsp3) is 0.643. The van der Waals surface area contributed by atoms with Crippen molar-refractivity contribution in [1.29, 1.82) is 5.26 Å². The molecule has 0 unspecified atom stereocenters. The van der Waals surface area contributed by atoms with Crippen molar-refractivity contribution in [1.82, 2.24) is 0 Å². The molecule has 0 heterocycles. The number of nitriles is 1. The summed E-state index contributed by atoms with van der Waals surface area (Å²) in [7, 11) is 0. The molecule has 90 valence electrons. The lowest BCUT2D eigenvalue weighted by atomic mass is 9.53. The maximum absolute atomic E-state index is 12.0. The van der Waals surface area contributed by atoms with Gasteiger partial charge in [0.05, 0.1) is 12.0 Å². The van der Waals surface area contributed by atoms with E-state index in [9.17, 15) is 14.9 Å². The molecule has 0 aromatic carbocycles. The molecule has 2 rings (SSSR count). The topological polar surface area (TPSA) is 57.9 Å². The fourth-order valence-electron chi connectivity index (χ4n) is 3.23. The number of allylic oxidation sites excluding steroid dienone is 2. The summed E-state index contributed by atoms with van der Waals surface area (Å²) < 4.78 is 0. The minimum absolute atomic E-state index is 0.0215. The van der Waals surface area contributed by atoms with Gasteiger partial charge in [-0.1, -0.05) is 6.92 Å². The molecule has 3 heteroatoms. The summed E-state index contributed by atoms with van der Waals surface area (Å²) in [6, 6.07) is 2.25. The smallest absolute Gasteiger partial charge is 0.157 e. The van der Waals surface area contributed by atoms with E-state index in [1.54, 1.807) is 6.08 Å². The molecule has 3 nitrogen and oxygen atoms in total. The molecule has 0 radical (unpaired) electrons. The highest BCUT2D eigenvalue weighted by Gasteiger charge is 2.52. The van der Waals surface area contributed by atoms with Crippen molar-refractivity contribution in [3.8, 4) is 6.07 Å². The van der Waals surface area contributed by atoms with E-state index in [1.807, 2.05) is 20.8 Å². The second kappa shape index (κ2) is 3.53. The van der Waals surface area contributed by atoms with Gasteiger partial charge in [-0.15, -0.1) is 0 Å². The number of hydrogen-bond acceptors (Lipinski definition) is 3. The van der Waals surface area contributed by atoms with Crippen LogP contribution in [-0.4, -0.2) is 11.6 Å². The van der Waals surface area contributed by atoms with E-state index < -0.39 is 5.41 Å². The number of rotatable bonds is 0. The molecule has 0 N–H and O–H groups in total. The Labute approximate surface area is 101 Å². The third kappa shape index (κ3) is 1.55. The molecule has 0 aromatic rings. The maximum atomic E-state index is 12.0. The molecular formula is C14H17NO2. The standard InChI is InChI=1S/C14H17NO2/c1-13(2)11-7-10(16)6-9(8-15)14(11,3)5-4-12(13)17/h7,9H,4-6H2,1-3H3/t9-,14-/m1/s1. The third-order valence-electron chi connectivity index (χ3n) is 4.49. The Morgan fingerprint density at radius 1 is 1.35 bits per heavy atom. The second-order valence-electron chi connectivity index (χ2n) is 5.88. The first kappa shape index (κ1) is 12.0. The van der Waals surface area contributed by atoms with E-state index in [0.717, 1.165) is 5.57 Å². The van der Waals surface area contributed by atoms with E-state index in [4.69, 9.17) is 0 Å². The number of hydrogen-bond donors (Lipinski definition) is 0. The van der Waals surface area contributed by atoms with Crippen LogP contribution in [-0.2, 0) is 9.59 Å². The van der Waals surface area contributed by atoms with Gasteiger partial charge in [0.1, 0.15) is 5.78 Å². The lowest BCUT2D eigenvalue weighted by Gasteiger charge is -2.48. The lowest BCUT2D eigenvalue weighted by molar-refractivity contribution is -0.129. The molecule has 0 aromatic heterocycles. The van der Waals surface area contributed by atoms with E-state index in [1.165, 1.54) is 0 Å². The number of carbonyl (C=O) groups excluding carboxylic acids is 2. The van der Waals surface area contributed by atoms with Crippen LogP contribution < -0.4 is 0 Å². The summed E-state index contributed by atoms with van der Waals surface area (Å²) in [5.74, 6) is -0.137. The van der Waals surface area contributed by atoms with Gasteiger partial charge in [-0.3, -0.25) is 9.59 Å². The van der Waals surface area contributed by atoms with Crippen LogP contribution in [0.5, 0.6) is 0 Å². The van der Waals surface area contributed by atoms with Crippen LogP contribution in [0.15, 0.2) is 11.6 Å². The Kier molecular flexibility index (Phi) is 2.50. The molecule has 0 amide bonds. The number of ketones is 2. The molecule has 0 spiro atoms. The van der Waals surface area contributed by atoms with E-state index in [2.05, 4.69) is 6.07 Å². The van der Waals surface area contributed by atoms with Crippen molar-refractivity contribution in [2.45, 2.75) is 40.0 Å². The van der Waals surface area contributed by atoms with E-state index in [-0.39, 0.29) is 22.9 Å². The summed E-state index contributed by atoms with van der Waals surface area (Å²) in [4.78, 5) is 23.7. The molecular weight excluding hydrogens is 214 g/mol. The summed E-state index contributed by atoms with van der Waals surface area (Å²) >= 11 is 0. The molecule has 2 aliphatic carbocycles. The van der Waals surface area contributed by atoms with Gasteiger partial charge in [0.25, 0.3) is 0 Å². The van der Waals surface area contributed by atoms with Crippen LogP contribution in [0, 0.1) is 28.1 Å². The zero-order valence-electron chi connectivity index (χ0n) is 10.5. The predicted octanol–water partition coefficient (Wildman–Crippen LogP) is 2.42. The third-order valence-corrected chi connectivity index (χ3v) is 4.49. The minimum atomic E-state index is -0.599. The summed E-state index contributed by atoms with van der Waals surface area (Å²) in [5, 5.41) is 9.23. The van der Waals surface area contributed by atoms with Gasteiger partial charge < -0.3 is 0 Å². The van der Waals surface area contributed by atoms with Crippen LogP contribution in [0.25, 0.3) is 0 Å². The number of carbonyl (C=O) groups is 2. The van der Waals surface area contributed by atoms with Gasteiger partial charge in [-0.05, 0) is 31.9 Å². The molecule has 2 atom stereocenters. The summed E-state index contributed by atoms with van der Waals surface area (Å²) in [6.07, 6.45) is 3.10. The highest BCUT2D eigenvalue weighted by molar-refractivity contribution is 5.97. The molecule has 0 saturated heterocycles. The van der Waals surface area contributed by atoms with Crippen LogP contribution in [0.2, 0.25) is 0 Å². The highest BCUT2D eigenvalue weighted by Crippen LogP contribution is 2.55. The van der Waals surface area contributed by atoms with Crippen molar-refractivity contribution in [3.63, 3.8) is 0 Å². The Morgan fingerprint density at radius 2 is 2.00 bits per heavy atom. The van der Waals surface area contributed by atoms with Crippen LogP contribution in [0.3, 0.4) is 0 Å². The van der Waals surface area contributed by atoms with Gasteiger partial charge in [-0.25, -0.2) is 0 Å². The number of fused-ring (bicyclic) bond motifs is 1. The first-order chi connectivity index (χ1) is 7.82. The first-order valence-electron chi connectivity index (χ1n) is 6.01. The van der Waals surface area contributed by atoms with Gasteiger partial charge >= 0.3 is 0 Å². The first-order valence-corrected chi connectivity index (χ1v) is 6.01. The Bertz CT molecular complexity index is 467. The van der Waals surface area contributed by atoms with Crippen molar-refractivity contribution in [3.05, 3.63) is 11.6 Å². The van der Waals surface area contributed by atoms with Gasteiger partial charge in [0.15, 0.2) is 5.78 Å². The van der Waals surface area contributed by atoms with Gasteiger partial charge in [0, 0.05) is 23.7 Å². The quantitative estimate of drug-likeness (QED) is 0.643. The normalized spacial score (nSPS) is 35.9.